The molecule has 0 heterocycles. The van der Waals surface area contributed by atoms with Crippen LogP contribution in [0.1, 0.15) is 20.3 Å². The van der Waals surface area contributed by atoms with Crippen molar-refractivity contribution in [2.45, 2.75) is 25.9 Å². The van der Waals surface area contributed by atoms with Crippen molar-refractivity contribution in [3.05, 3.63) is 24.3 Å². The van der Waals surface area contributed by atoms with Gasteiger partial charge in [-0.15, -0.1) is 0 Å². The largest absolute Gasteiger partial charge is 0.386 e. The van der Waals surface area contributed by atoms with Crippen LogP contribution in [-0.4, -0.2) is 10.7 Å². The van der Waals surface area contributed by atoms with E-state index in [-0.39, 0.29) is 0 Å². The normalized spacial score (nSPS) is 38.5. The molecule has 0 aliphatic heterocycles. The maximum absolute atomic E-state index is 9.49. The Morgan fingerprint density at radius 3 is 2.60 bits per heavy atom. The number of hydrogen-bond donors (Lipinski definition) is 1. The maximum atomic E-state index is 9.49. The first-order valence-corrected chi connectivity index (χ1v) is 3.58. The van der Waals surface area contributed by atoms with Crippen LogP contribution < -0.4 is 0 Å². The molecule has 0 amide bonds. The lowest BCUT2D eigenvalue weighted by atomic mass is 9.96. The SMILES string of the molecule is C=C(C)[C@@H]1C=C[C@](C)(O)C1. The number of hydrogen-bond acceptors (Lipinski definition) is 1. The Morgan fingerprint density at radius 1 is 1.80 bits per heavy atom. The number of rotatable bonds is 1. The quantitative estimate of drug-likeness (QED) is 0.548. The molecule has 1 aliphatic rings. The van der Waals surface area contributed by atoms with Gasteiger partial charge in [-0.05, 0) is 20.3 Å². The first-order valence-electron chi connectivity index (χ1n) is 3.58. The molecule has 1 nitrogen and oxygen atoms in total. The highest BCUT2D eigenvalue weighted by Crippen LogP contribution is 2.30. The third-order valence-electron chi connectivity index (χ3n) is 1.95. The molecule has 0 unspecified atom stereocenters. The molecule has 10 heavy (non-hydrogen) atoms. The van der Waals surface area contributed by atoms with Gasteiger partial charge in [0.15, 0.2) is 0 Å². The van der Waals surface area contributed by atoms with E-state index in [1.807, 2.05) is 26.0 Å². The molecule has 0 aromatic heterocycles. The van der Waals surface area contributed by atoms with Crippen molar-refractivity contribution in [1.29, 1.82) is 0 Å². The molecule has 1 heteroatoms. The Balaban J connectivity index is 2.62. The lowest BCUT2D eigenvalue weighted by Crippen LogP contribution is -2.18. The molecule has 0 aromatic carbocycles. The van der Waals surface area contributed by atoms with Gasteiger partial charge in [0.05, 0.1) is 5.60 Å². The average molecular weight is 138 g/mol. The van der Waals surface area contributed by atoms with Crippen LogP contribution in [0.25, 0.3) is 0 Å². The van der Waals surface area contributed by atoms with Crippen LogP contribution in [0.2, 0.25) is 0 Å². The topological polar surface area (TPSA) is 20.2 Å². The molecule has 0 saturated heterocycles. The minimum absolute atomic E-state index is 0.384. The van der Waals surface area contributed by atoms with Crippen LogP contribution in [-0.2, 0) is 0 Å². The van der Waals surface area contributed by atoms with Gasteiger partial charge in [0, 0.05) is 5.92 Å². The van der Waals surface area contributed by atoms with E-state index in [1.165, 1.54) is 0 Å². The van der Waals surface area contributed by atoms with Gasteiger partial charge >= 0.3 is 0 Å². The summed E-state index contributed by atoms with van der Waals surface area (Å²) in [6, 6.07) is 0. The van der Waals surface area contributed by atoms with Crippen LogP contribution >= 0.6 is 0 Å². The van der Waals surface area contributed by atoms with Crippen LogP contribution in [0.15, 0.2) is 24.3 Å². The predicted molar refractivity (Wildman–Crippen MR) is 42.7 cm³/mol. The highest BCUT2D eigenvalue weighted by molar-refractivity contribution is 5.18. The first-order chi connectivity index (χ1) is 4.51. The van der Waals surface area contributed by atoms with Gasteiger partial charge in [-0.25, -0.2) is 0 Å². The van der Waals surface area contributed by atoms with E-state index in [0.29, 0.717) is 5.92 Å². The molecule has 1 aliphatic carbocycles. The molecule has 0 bridgehead atoms. The molecule has 1 rings (SSSR count). The number of allylic oxidation sites excluding steroid dienone is 2. The summed E-state index contributed by atoms with van der Waals surface area (Å²) in [5.41, 5.74) is 0.540. The highest BCUT2D eigenvalue weighted by Gasteiger charge is 2.27. The van der Waals surface area contributed by atoms with Crippen LogP contribution in [0.5, 0.6) is 0 Å². The summed E-state index contributed by atoms with van der Waals surface area (Å²) < 4.78 is 0. The Bertz CT molecular complexity index is 177. The molecule has 1 N–H and O–H groups in total. The zero-order valence-electron chi connectivity index (χ0n) is 6.59. The van der Waals surface area contributed by atoms with Crippen molar-refractivity contribution in [2.24, 2.45) is 5.92 Å². The molecular formula is C9H14O. The molecule has 2 atom stereocenters. The van der Waals surface area contributed by atoms with Gasteiger partial charge in [0.1, 0.15) is 0 Å². The summed E-state index contributed by atoms with van der Waals surface area (Å²) in [7, 11) is 0. The second kappa shape index (κ2) is 2.24. The van der Waals surface area contributed by atoms with Crippen LogP contribution in [0, 0.1) is 5.92 Å². The van der Waals surface area contributed by atoms with Gasteiger partial charge in [-0.2, -0.15) is 0 Å². The van der Waals surface area contributed by atoms with E-state index in [2.05, 4.69) is 6.58 Å². The fourth-order valence-electron chi connectivity index (χ4n) is 1.24. The van der Waals surface area contributed by atoms with Crippen molar-refractivity contribution in [1.82, 2.24) is 0 Å². The minimum atomic E-state index is -0.594. The van der Waals surface area contributed by atoms with E-state index >= 15 is 0 Å². The van der Waals surface area contributed by atoms with E-state index < -0.39 is 5.60 Å². The Hall–Kier alpha value is -0.560. The smallest absolute Gasteiger partial charge is 0.0808 e. The Kier molecular flexibility index (Phi) is 1.69. The van der Waals surface area contributed by atoms with Crippen molar-refractivity contribution in [2.75, 3.05) is 0 Å². The summed E-state index contributed by atoms with van der Waals surface area (Å²) in [5.74, 6) is 0.384. The third-order valence-corrected chi connectivity index (χ3v) is 1.95. The molecule has 0 saturated carbocycles. The molecule has 0 aromatic rings. The van der Waals surface area contributed by atoms with Gasteiger partial charge in [-0.1, -0.05) is 24.3 Å². The van der Waals surface area contributed by atoms with Crippen LogP contribution in [0.4, 0.5) is 0 Å². The molecule has 56 valence electrons. The maximum Gasteiger partial charge on any atom is 0.0808 e. The predicted octanol–water partition coefficient (Wildman–Crippen LogP) is 1.89. The fourth-order valence-corrected chi connectivity index (χ4v) is 1.24. The summed E-state index contributed by atoms with van der Waals surface area (Å²) in [5, 5.41) is 9.49. The lowest BCUT2D eigenvalue weighted by Gasteiger charge is -2.15. The number of aliphatic hydroxyl groups is 1. The second-order valence-corrected chi connectivity index (χ2v) is 3.37. The van der Waals surface area contributed by atoms with Gasteiger partial charge in [0.25, 0.3) is 0 Å². The van der Waals surface area contributed by atoms with E-state index in [4.69, 9.17) is 0 Å². The van der Waals surface area contributed by atoms with Crippen molar-refractivity contribution < 1.29 is 5.11 Å². The second-order valence-electron chi connectivity index (χ2n) is 3.37. The first kappa shape index (κ1) is 7.55. The van der Waals surface area contributed by atoms with Gasteiger partial charge in [0.2, 0.25) is 0 Å². The van der Waals surface area contributed by atoms with E-state index in [1.54, 1.807) is 0 Å². The molecular weight excluding hydrogens is 124 g/mol. The van der Waals surface area contributed by atoms with E-state index in [0.717, 1.165) is 12.0 Å². The molecule has 0 fully saturated rings. The molecule has 0 radical (unpaired) electrons. The van der Waals surface area contributed by atoms with Gasteiger partial charge in [-0.3, -0.25) is 0 Å². The van der Waals surface area contributed by atoms with Crippen LogP contribution in [0.3, 0.4) is 0 Å². The van der Waals surface area contributed by atoms with Crippen molar-refractivity contribution in [3.63, 3.8) is 0 Å². The fraction of sp³-hybridized carbons (Fsp3) is 0.556. The highest BCUT2D eigenvalue weighted by atomic mass is 16.3. The standard InChI is InChI=1S/C9H14O/c1-7(2)8-4-5-9(3,10)6-8/h4-5,8,10H,1,6H2,2-3H3/t8-,9+/m1/s1. The molecule has 0 spiro atoms. The lowest BCUT2D eigenvalue weighted by molar-refractivity contribution is 0.105. The zero-order chi connectivity index (χ0) is 7.78. The summed E-state index contributed by atoms with van der Waals surface area (Å²) in [6.45, 7) is 7.66. The summed E-state index contributed by atoms with van der Waals surface area (Å²) >= 11 is 0. The third kappa shape index (κ3) is 1.48. The summed E-state index contributed by atoms with van der Waals surface area (Å²) in [6.07, 6.45) is 4.68. The minimum Gasteiger partial charge on any atom is -0.386 e. The van der Waals surface area contributed by atoms with Gasteiger partial charge < -0.3 is 5.11 Å². The van der Waals surface area contributed by atoms with Crippen molar-refractivity contribution in [3.8, 4) is 0 Å². The Labute approximate surface area is 62.1 Å². The van der Waals surface area contributed by atoms with Crippen molar-refractivity contribution >= 4 is 0 Å². The Morgan fingerprint density at radius 2 is 2.40 bits per heavy atom. The monoisotopic (exact) mass is 138 g/mol. The summed E-state index contributed by atoms with van der Waals surface area (Å²) in [4.78, 5) is 0. The van der Waals surface area contributed by atoms with E-state index in [9.17, 15) is 5.11 Å². The zero-order valence-corrected chi connectivity index (χ0v) is 6.59. The average Bonchev–Trinajstić information content (AvgIpc) is 2.10.